The highest BCUT2D eigenvalue weighted by atomic mass is 32.2. The lowest BCUT2D eigenvalue weighted by molar-refractivity contribution is -0.140. The minimum absolute atomic E-state index is 0.346. The molecule has 1 fully saturated rings. The van der Waals surface area contributed by atoms with E-state index in [1.807, 2.05) is 0 Å². The molecule has 1 aliphatic rings. The van der Waals surface area contributed by atoms with E-state index in [2.05, 4.69) is 0 Å². The van der Waals surface area contributed by atoms with E-state index in [0.29, 0.717) is 0 Å². The van der Waals surface area contributed by atoms with Gasteiger partial charge in [-0.05, 0) is 0 Å². The predicted octanol–water partition coefficient (Wildman–Crippen LogP) is -2.20. The average Bonchev–Trinajstić information content (AvgIpc) is 2.22. The van der Waals surface area contributed by atoms with Gasteiger partial charge in [0, 0.05) is 5.92 Å². The van der Waals surface area contributed by atoms with Crippen LogP contribution in [0.5, 0.6) is 0 Å². The van der Waals surface area contributed by atoms with E-state index in [4.69, 9.17) is 10.8 Å². The van der Waals surface area contributed by atoms with Crippen LogP contribution in [0, 0.1) is 5.92 Å². The summed E-state index contributed by atoms with van der Waals surface area (Å²) in [5.41, 5.74) is 5.21. The third kappa shape index (κ3) is 2.17. The molecule has 1 aliphatic heterocycles. The second-order valence-electron chi connectivity index (χ2n) is 3.17. The number of carboxylic acids is 1. The van der Waals surface area contributed by atoms with Gasteiger partial charge < -0.3 is 15.9 Å². The van der Waals surface area contributed by atoms with Crippen molar-refractivity contribution in [2.75, 3.05) is 11.5 Å². The number of nitrogens with two attached hydrogens (primary N) is 1. The first-order valence-electron chi connectivity index (χ1n) is 3.70. The Balaban J connectivity index is 2.79. The van der Waals surface area contributed by atoms with Crippen molar-refractivity contribution in [2.45, 2.75) is 12.1 Å². The molecule has 4 N–H and O–H groups in total. The number of aliphatic hydroxyl groups is 1. The minimum Gasteiger partial charge on any atom is -0.480 e. The van der Waals surface area contributed by atoms with Crippen molar-refractivity contribution in [2.24, 2.45) is 11.7 Å². The number of carboxylic acid groups (broad SMARTS) is 1. The molecule has 1 heterocycles. The van der Waals surface area contributed by atoms with Crippen LogP contribution in [0.15, 0.2) is 0 Å². The summed E-state index contributed by atoms with van der Waals surface area (Å²) < 4.78 is 21.9. The number of carbonyl (C=O) groups is 1. The van der Waals surface area contributed by atoms with Crippen LogP contribution in [0.2, 0.25) is 0 Å². The fourth-order valence-electron chi connectivity index (χ4n) is 1.38. The molecule has 7 heteroatoms. The Morgan fingerprint density at radius 1 is 1.46 bits per heavy atom. The summed E-state index contributed by atoms with van der Waals surface area (Å²) in [7, 11) is -3.32. The topological polar surface area (TPSA) is 118 Å². The molecule has 2 unspecified atom stereocenters. The Morgan fingerprint density at radius 3 is 2.31 bits per heavy atom. The molecule has 0 aliphatic carbocycles. The summed E-state index contributed by atoms with van der Waals surface area (Å²) in [6, 6.07) is -1.31. The Labute approximate surface area is 75.3 Å². The van der Waals surface area contributed by atoms with Crippen LogP contribution in [-0.2, 0) is 14.6 Å². The van der Waals surface area contributed by atoms with Crippen LogP contribution < -0.4 is 5.73 Å². The van der Waals surface area contributed by atoms with Gasteiger partial charge in [0.2, 0.25) is 0 Å². The summed E-state index contributed by atoms with van der Waals surface area (Å²) in [5, 5.41) is 17.7. The van der Waals surface area contributed by atoms with E-state index >= 15 is 0 Å². The molecule has 0 aromatic carbocycles. The fraction of sp³-hybridized carbons (Fsp3) is 0.833. The van der Waals surface area contributed by atoms with Gasteiger partial charge in [-0.1, -0.05) is 0 Å². The van der Waals surface area contributed by atoms with Crippen LogP contribution in [0.3, 0.4) is 0 Å². The molecule has 13 heavy (non-hydrogen) atoms. The van der Waals surface area contributed by atoms with Gasteiger partial charge in [-0.2, -0.15) is 0 Å². The van der Waals surface area contributed by atoms with Crippen LogP contribution in [0.25, 0.3) is 0 Å². The molecule has 3 atom stereocenters. The van der Waals surface area contributed by atoms with Crippen molar-refractivity contribution >= 4 is 15.8 Å². The summed E-state index contributed by atoms with van der Waals surface area (Å²) in [5.74, 6) is -2.91. The second kappa shape index (κ2) is 3.24. The standard InChI is InChI=1S/C6H11NO5S/c7-5(6(9)10)3-1-13(11,12)2-4(3)8/h3-5,8H,1-2,7H2,(H,9,10)/t3?,4?,5-/m0/s1. The van der Waals surface area contributed by atoms with Crippen molar-refractivity contribution in [1.82, 2.24) is 0 Å². The van der Waals surface area contributed by atoms with Gasteiger partial charge in [-0.3, -0.25) is 4.79 Å². The monoisotopic (exact) mass is 209 g/mol. The van der Waals surface area contributed by atoms with E-state index in [1.165, 1.54) is 0 Å². The predicted molar refractivity (Wildman–Crippen MR) is 43.8 cm³/mol. The number of hydrogen-bond donors (Lipinski definition) is 3. The number of aliphatic hydroxyl groups excluding tert-OH is 1. The molecule has 0 amide bonds. The van der Waals surface area contributed by atoms with Crippen molar-refractivity contribution in [1.29, 1.82) is 0 Å². The molecule has 76 valence electrons. The quantitative estimate of drug-likeness (QED) is 0.475. The third-order valence-corrected chi connectivity index (χ3v) is 3.85. The van der Waals surface area contributed by atoms with Gasteiger partial charge in [0.25, 0.3) is 0 Å². The number of hydrogen-bond acceptors (Lipinski definition) is 5. The van der Waals surface area contributed by atoms with Crippen LogP contribution in [0.1, 0.15) is 0 Å². The van der Waals surface area contributed by atoms with Crippen molar-refractivity contribution in [3.8, 4) is 0 Å². The highest BCUT2D eigenvalue weighted by molar-refractivity contribution is 7.91. The van der Waals surface area contributed by atoms with Crippen molar-refractivity contribution in [3.63, 3.8) is 0 Å². The highest BCUT2D eigenvalue weighted by Gasteiger charge is 2.42. The van der Waals surface area contributed by atoms with E-state index in [9.17, 15) is 18.3 Å². The zero-order valence-electron chi connectivity index (χ0n) is 6.75. The Bertz CT molecular complexity index is 311. The molecule has 6 nitrogen and oxygen atoms in total. The first-order valence-corrected chi connectivity index (χ1v) is 5.52. The van der Waals surface area contributed by atoms with E-state index in [0.717, 1.165) is 0 Å². The molecule has 0 spiro atoms. The molecular formula is C6H11NO5S. The summed E-state index contributed by atoms with van der Waals surface area (Å²) in [6.07, 6.45) is -1.16. The van der Waals surface area contributed by atoms with Crippen LogP contribution in [0.4, 0.5) is 0 Å². The van der Waals surface area contributed by atoms with Gasteiger partial charge in [-0.25, -0.2) is 8.42 Å². The van der Waals surface area contributed by atoms with E-state index in [1.54, 1.807) is 0 Å². The summed E-state index contributed by atoms with van der Waals surface area (Å²) in [6.45, 7) is 0. The van der Waals surface area contributed by atoms with Gasteiger partial charge in [-0.15, -0.1) is 0 Å². The zero-order valence-corrected chi connectivity index (χ0v) is 7.57. The maximum absolute atomic E-state index is 11.0. The molecule has 1 saturated heterocycles. The third-order valence-electron chi connectivity index (χ3n) is 2.11. The van der Waals surface area contributed by atoms with Crippen molar-refractivity contribution in [3.05, 3.63) is 0 Å². The smallest absolute Gasteiger partial charge is 0.320 e. The highest BCUT2D eigenvalue weighted by Crippen LogP contribution is 2.21. The van der Waals surface area contributed by atoms with Gasteiger partial charge in [0.1, 0.15) is 6.04 Å². The largest absolute Gasteiger partial charge is 0.480 e. The van der Waals surface area contributed by atoms with Crippen LogP contribution >= 0.6 is 0 Å². The lowest BCUT2D eigenvalue weighted by Crippen LogP contribution is -2.43. The summed E-state index contributed by atoms with van der Waals surface area (Å²) in [4.78, 5) is 10.4. The summed E-state index contributed by atoms with van der Waals surface area (Å²) >= 11 is 0. The fourth-order valence-corrected chi connectivity index (χ4v) is 3.30. The Morgan fingerprint density at radius 2 is 2.00 bits per heavy atom. The van der Waals surface area contributed by atoms with Crippen molar-refractivity contribution < 1.29 is 23.4 Å². The van der Waals surface area contributed by atoms with E-state index in [-0.39, 0.29) is 5.75 Å². The first-order chi connectivity index (χ1) is 5.83. The minimum atomic E-state index is -3.32. The lowest BCUT2D eigenvalue weighted by Gasteiger charge is -2.16. The zero-order chi connectivity index (χ0) is 10.2. The maximum Gasteiger partial charge on any atom is 0.320 e. The Hall–Kier alpha value is -0.660. The normalized spacial score (nSPS) is 34.3. The average molecular weight is 209 g/mol. The van der Waals surface area contributed by atoms with Gasteiger partial charge in [0.05, 0.1) is 17.6 Å². The molecule has 0 aromatic heterocycles. The molecule has 1 rings (SSSR count). The second-order valence-corrected chi connectivity index (χ2v) is 5.33. The first kappa shape index (κ1) is 10.4. The Kier molecular flexibility index (Phi) is 2.60. The maximum atomic E-state index is 11.0. The van der Waals surface area contributed by atoms with E-state index < -0.39 is 39.6 Å². The SMILES string of the molecule is N[C@H](C(=O)O)C1CS(=O)(=O)CC1O. The van der Waals surface area contributed by atoms with Gasteiger partial charge >= 0.3 is 5.97 Å². The molecule has 0 bridgehead atoms. The molecule has 0 saturated carbocycles. The van der Waals surface area contributed by atoms with Crippen LogP contribution in [-0.4, -0.2) is 48.3 Å². The number of rotatable bonds is 2. The molecule has 0 aromatic rings. The number of aliphatic carboxylic acids is 1. The molecule has 0 radical (unpaired) electrons. The molecular weight excluding hydrogens is 198 g/mol. The lowest BCUT2D eigenvalue weighted by atomic mass is 9.98. The van der Waals surface area contributed by atoms with Gasteiger partial charge in [0.15, 0.2) is 9.84 Å². The number of sulfone groups is 1.